The zero-order valence-corrected chi connectivity index (χ0v) is 14.1. The molecule has 6 nitrogen and oxygen atoms in total. The Bertz CT molecular complexity index is 954. The number of imidazole rings is 1. The minimum Gasteiger partial charge on any atom is -0.420 e. The smallest absolute Gasteiger partial charge is 0.420 e. The molecular formula is C16H12F3N3O3S. The lowest BCUT2D eigenvalue weighted by molar-refractivity contribution is -0.189. The summed E-state index contributed by atoms with van der Waals surface area (Å²) < 4.78 is 53.9. The van der Waals surface area contributed by atoms with Crippen LogP contribution < -0.4 is 4.74 Å². The van der Waals surface area contributed by atoms with Gasteiger partial charge in [-0.2, -0.15) is 13.2 Å². The molecule has 0 saturated heterocycles. The number of para-hydroxylation sites is 2. The maximum Gasteiger partial charge on any atom is 0.491 e. The van der Waals surface area contributed by atoms with Gasteiger partial charge in [0.05, 0.1) is 32.8 Å². The van der Waals surface area contributed by atoms with Crippen LogP contribution in [0.15, 0.2) is 47.8 Å². The molecular weight excluding hydrogens is 371 g/mol. The number of pyridine rings is 1. The summed E-state index contributed by atoms with van der Waals surface area (Å²) in [5.41, 5.74) is 1.56. The highest BCUT2D eigenvalue weighted by molar-refractivity contribution is 7.85. The van der Waals surface area contributed by atoms with Crippen LogP contribution in [0.3, 0.4) is 0 Å². The molecule has 0 radical (unpaired) electrons. The summed E-state index contributed by atoms with van der Waals surface area (Å²) in [6.07, 6.45) is -3.92. The van der Waals surface area contributed by atoms with Crippen LogP contribution in [0.1, 0.15) is 17.9 Å². The largest absolute Gasteiger partial charge is 0.491 e. The van der Waals surface area contributed by atoms with Gasteiger partial charge in [-0.05, 0) is 25.1 Å². The SMILES string of the molecule is CC(c1cc(OC(=O)C(F)(F)F)ccn1)S(=O)c1nc2ccccc2[nH]1. The summed E-state index contributed by atoms with van der Waals surface area (Å²) in [5, 5.41) is -0.474. The zero-order valence-electron chi connectivity index (χ0n) is 13.3. The van der Waals surface area contributed by atoms with Crippen LogP contribution in [-0.2, 0) is 15.6 Å². The molecule has 0 amide bonds. The van der Waals surface area contributed by atoms with Gasteiger partial charge in [0.25, 0.3) is 0 Å². The van der Waals surface area contributed by atoms with Gasteiger partial charge in [-0.25, -0.2) is 9.78 Å². The molecule has 10 heteroatoms. The van der Waals surface area contributed by atoms with Crippen molar-refractivity contribution in [2.24, 2.45) is 0 Å². The van der Waals surface area contributed by atoms with Gasteiger partial charge in [0.1, 0.15) is 5.75 Å². The van der Waals surface area contributed by atoms with Gasteiger partial charge in [0.2, 0.25) is 0 Å². The van der Waals surface area contributed by atoms with E-state index < -0.39 is 28.2 Å². The second kappa shape index (κ2) is 6.87. The number of nitrogens with one attached hydrogen (secondary N) is 1. The first-order valence-electron chi connectivity index (χ1n) is 7.36. The molecule has 0 aliphatic carbocycles. The molecule has 0 aliphatic rings. The topological polar surface area (TPSA) is 84.9 Å². The number of fused-ring (bicyclic) bond motifs is 1. The van der Waals surface area contributed by atoms with E-state index in [0.29, 0.717) is 11.0 Å². The number of ether oxygens (including phenoxy) is 1. The monoisotopic (exact) mass is 383 g/mol. The zero-order chi connectivity index (χ0) is 18.9. The molecule has 2 aromatic heterocycles. The van der Waals surface area contributed by atoms with Gasteiger partial charge in [-0.1, -0.05) is 12.1 Å². The fraction of sp³-hybridized carbons (Fsp3) is 0.188. The van der Waals surface area contributed by atoms with Crippen LogP contribution in [0.2, 0.25) is 0 Å². The average molecular weight is 383 g/mol. The average Bonchev–Trinajstić information content (AvgIpc) is 3.04. The highest BCUT2D eigenvalue weighted by Crippen LogP contribution is 2.27. The lowest BCUT2D eigenvalue weighted by atomic mass is 10.3. The minimum atomic E-state index is -5.11. The van der Waals surface area contributed by atoms with Crippen molar-refractivity contribution in [3.05, 3.63) is 48.3 Å². The van der Waals surface area contributed by atoms with Gasteiger partial charge in [0.15, 0.2) is 5.16 Å². The number of rotatable bonds is 4. The molecule has 0 spiro atoms. The van der Waals surface area contributed by atoms with Crippen molar-refractivity contribution in [2.45, 2.75) is 23.5 Å². The van der Waals surface area contributed by atoms with Crippen molar-refractivity contribution in [1.29, 1.82) is 0 Å². The number of hydrogen-bond donors (Lipinski definition) is 1. The first-order valence-corrected chi connectivity index (χ1v) is 8.57. The van der Waals surface area contributed by atoms with Crippen molar-refractivity contribution in [1.82, 2.24) is 15.0 Å². The summed E-state index contributed by atoms with van der Waals surface area (Å²) in [5.74, 6) is -2.66. The molecule has 0 saturated carbocycles. The number of carbonyl (C=O) groups excluding carboxylic acids is 1. The fourth-order valence-corrected chi connectivity index (χ4v) is 3.26. The minimum absolute atomic E-state index is 0.205. The van der Waals surface area contributed by atoms with E-state index >= 15 is 0 Å². The molecule has 2 heterocycles. The Morgan fingerprint density at radius 3 is 2.69 bits per heavy atom. The van der Waals surface area contributed by atoms with Crippen molar-refractivity contribution >= 4 is 27.8 Å². The molecule has 0 fully saturated rings. The predicted molar refractivity (Wildman–Crippen MR) is 86.8 cm³/mol. The number of hydrogen-bond acceptors (Lipinski definition) is 5. The predicted octanol–water partition coefficient (Wildman–Crippen LogP) is 3.29. The maximum atomic E-state index is 12.7. The van der Waals surface area contributed by atoms with Gasteiger partial charge in [-0.3, -0.25) is 9.19 Å². The second-order valence-electron chi connectivity index (χ2n) is 5.30. The van der Waals surface area contributed by atoms with Gasteiger partial charge >= 0.3 is 12.1 Å². The standard InChI is InChI=1S/C16H12F3N3O3S/c1-9(26(24)15-21-11-4-2-3-5-12(11)22-15)13-8-10(6-7-20-13)25-14(23)16(17,18)19/h2-9H,1H3,(H,21,22). The number of aromatic amines is 1. The third kappa shape index (κ3) is 3.74. The van der Waals surface area contributed by atoms with Crippen LogP contribution in [0.4, 0.5) is 13.2 Å². The number of alkyl halides is 3. The summed E-state index contributed by atoms with van der Waals surface area (Å²) in [4.78, 5) is 22.1. The van der Waals surface area contributed by atoms with E-state index in [0.717, 1.165) is 12.1 Å². The van der Waals surface area contributed by atoms with Crippen LogP contribution in [0.25, 0.3) is 11.0 Å². The Hall–Kier alpha value is -2.75. The van der Waals surface area contributed by atoms with Crippen molar-refractivity contribution in [3.63, 3.8) is 0 Å². The summed E-state index contributed by atoms with van der Waals surface area (Å²) in [6.45, 7) is 1.58. The Morgan fingerprint density at radius 1 is 1.27 bits per heavy atom. The highest BCUT2D eigenvalue weighted by atomic mass is 32.2. The van der Waals surface area contributed by atoms with Crippen LogP contribution in [0, 0.1) is 0 Å². The second-order valence-corrected chi connectivity index (χ2v) is 6.99. The molecule has 26 heavy (non-hydrogen) atoms. The lowest BCUT2D eigenvalue weighted by Crippen LogP contribution is -2.28. The number of halogens is 3. The normalized spacial score (nSPS) is 14.2. The third-order valence-electron chi connectivity index (χ3n) is 3.49. The first kappa shape index (κ1) is 18.1. The Balaban J connectivity index is 1.83. The molecule has 2 unspecified atom stereocenters. The van der Waals surface area contributed by atoms with Crippen LogP contribution in [0.5, 0.6) is 5.75 Å². The molecule has 1 aromatic carbocycles. The summed E-state index contributed by atoms with van der Waals surface area (Å²) in [6, 6.07) is 9.39. The van der Waals surface area contributed by atoms with Crippen molar-refractivity contribution in [3.8, 4) is 5.75 Å². The van der Waals surface area contributed by atoms with Crippen LogP contribution >= 0.6 is 0 Å². The molecule has 3 aromatic rings. The van der Waals surface area contributed by atoms with E-state index in [9.17, 15) is 22.2 Å². The molecule has 1 N–H and O–H groups in total. The van der Waals surface area contributed by atoms with Crippen molar-refractivity contribution in [2.75, 3.05) is 0 Å². The number of aromatic nitrogens is 3. The molecule has 2 atom stereocenters. The van der Waals surface area contributed by atoms with Crippen molar-refractivity contribution < 1.29 is 26.9 Å². The Labute approximate surface area is 147 Å². The van der Waals surface area contributed by atoms with Gasteiger partial charge in [0, 0.05) is 12.3 Å². The maximum absolute atomic E-state index is 12.7. The third-order valence-corrected chi connectivity index (χ3v) is 4.95. The molecule has 0 aliphatic heterocycles. The lowest BCUT2D eigenvalue weighted by Gasteiger charge is -2.11. The number of carbonyl (C=O) groups is 1. The van der Waals surface area contributed by atoms with E-state index in [-0.39, 0.29) is 16.6 Å². The van der Waals surface area contributed by atoms with E-state index in [1.807, 2.05) is 0 Å². The van der Waals surface area contributed by atoms with Gasteiger partial charge < -0.3 is 9.72 Å². The molecule has 3 rings (SSSR count). The number of benzene rings is 1. The van der Waals surface area contributed by atoms with Gasteiger partial charge in [-0.15, -0.1) is 0 Å². The molecule has 136 valence electrons. The first-order chi connectivity index (χ1) is 12.3. The summed E-state index contributed by atoms with van der Waals surface area (Å²) >= 11 is 0. The van der Waals surface area contributed by atoms with E-state index in [1.165, 1.54) is 6.20 Å². The number of esters is 1. The highest BCUT2D eigenvalue weighted by Gasteiger charge is 2.41. The Morgan fingerprint density at radius 2 is 2.00 bits per heavy atom. The molecule has 0 bridgehead atoms. The van der Waals surface area contributed by atoms with Crippen LogP contribution in [-0.4, -0.2) is 31.3 Å². The number of H-pyrrole nitrogens is 1. The summed E-state index contributed by atoms with van der Waals surface area (Å²) in [7, 11) is -1.64. The number of nitrogens with zero attached hydrogens (tertiary/aromatic N) is 2. The van der Waals surface area contributed by atoms with E-state index in [4.69, 9.17) is 0 Å². The van der Waals surface area contributed by atoms with E-state index in [2.05, 4.69) is 19.7 Å². The van der Waals surface area contributed by atoms with E-state index in [1.54, 1.807) is 31.2 Å². The fourth-order valence-electron chi connectivity index (χ4n) is 2.18. The Kier molecular flexibility index (Phi) is 4.77. The quantitative estimate of drug-likeness (QED) is 0.699.